The van der Waals surface area contributed by atoms with Gasteiger partial charge in [0.15, 0.2) is 9.84 Å². The molecule has 2 unspecified atom stereocenters. The van der Waals surface area contributed by atoms with Crippen molar-refractivity contribution < 1.29 is 22.3 Å². The second-order valence-electron chi connectivity index (χ2n) is 4.66. The first-order chi connectivity index (χ1) is 9.73. The van der Waals surface area contributed by atoms with Gasteiger partial charge in [-0.15, -0.1) is 0 Å². The second kappa shape index (κ2) is 6.08. The zero-order chi connectivity index (χ0) is 15.8. The van der Waals surface area contributed by atoms with Crippen LogP contribution in [0.5, 0.6) is 0 Å². The Morgan fingerprint density at radius 2 is 2.00 bits per heavy atom. The fourth-order valence-corrected chi connectivity index (χ4v) is 4.35. The van der Waals surface area contributed by atoms with Crippen molar-refractivity contribution in [3.63, 3.8) is 0 Å². The topological polar surface area (TPSA) is 72.5 Å². The molecule has 0 aromatic heterocycles. The first-order valence-corrected chi connectivity index (χ1v) is 8.50. The number of carbonyl (C=O) groups is 1. The molecule has 1 aliphatic rings. The van der Waals surface area contributed by atoms with E-state index >= 15 is 0 Å². The van der Waals surface area contributed by atoms with Crippen LogP contribution in [0, 0.1) is 5.82 Å². The van der Waals surface area contributed by atoms with E-state index in [-0.39, 0.29) is 27.1 Å². The van der Waals surface area contributed by atoms with Crippen LogP contribution in [-0.2, 0) is 19.4 Å². The van der Waals surface area contributed by atoms with Gasteiger partial charge in [-0.2, -0.15) is 0 Å². The van der Waals surface area contributed by atoms with Gasteiger partial charge in [-0.05, 0) is 17.7 Å². The summed E-state index contributed by atoms with van der Waals surface area (Å²) in [6.07, 6.45) is 0. The summed E-state index contributed by atoms with van der Waals surface area (Å²) in [6.45, 7) is 0. The molecule has 1 N–H and O–H groups in total. The summed E-state index contributed by atoms with van der Waals surface area (Å²) in [5.41, 5.74) is 0.232. The fraction of sp³-hybridized carbons (Fsp3) is 0.417. The van der Waals surface area contributed by atoms with E-state index in [0.29, 0.717) is 0 Å². The Hall–Kier alpha value is -0.890. The lowest BCUT2D eigenvalue weighted by atomic mass is 10.1. The summed E-state index contributed by atoms with van der Waals surface area (Å²) in [7, 11) is -2.34. The highest BCUT2D eigenvalue weighted by molar-refractivity contribution is 7.91. The van der Waals surface area contributed by atoms with Crippen molar-refractivity contribution in [2.24, 2.45) is 0 Å². The normalized spacial score (nSPS) is 24.6. The lowest BCUT2D eigenvalue weighted by Crippen LogP contribution is -2.51. The number of rotatable bonds is 2. The monoisotopic (exact) mass is 355 g/mol. The van der Waals surface area contributed by atoms with Crippen LogP contribution in [0.15, 0.2) is 12.1 Å². The van der Waals surface area contributed by atoms with E-state index in [1.807, 2.05) is 0 Å². The van der Waals surface area contributed by atoms with Gasteiger partial charge in [0.05, 0.1) is 23.6 Å². The Balaban J connectivity index is 2.39. The lowest BCUT2D eigenvalue weighted by Gasteiger charge is -2.30. The van der Waals surface area contributed by atoms with Crippen LogP contribution < -0.4 is 5.32 Å². The van der Waals surface area contributed by atoms with Crippen LogP contribution in [0.2, 0.25) is 10.0 Å². The number of hydrogen-bond acceptors (Lipinski definition) is 5. The van der Waals surface area contributed by atoms with Gasteiger partial charge in [0.25, 0.3) is 0 Å². The summed E-state index contributed by atoms with van der Waals surface area (Å²) in [5.74, 6) is -2.07. The van der Waals surface area contributed by atoms with Gasteiger partial charge in [0, 0.05) is 11.1 Å². The molecule has 0 aliphatic carbocycles. The Morgan fingerprint density at radius 3 is 2.62 bits per heavy atom. The van der Waals surface area contributed by atoms with Crippen molar-refractivity contribution in [1.82, 2.24) is 5.32 Å². The van der Waals surface area contributed by atoms with Crippen molar-refractivity contribution in [2.45, 2.75) is 12.1 Å². The molecule has 21 heavy (non-hydrogen) atoms. The van der Waals surface area contributed by atoms with Gasteiger partial charge in [0.1, 0.15) is 11.9 Å². The minimum Gasteiger partial charge on any atom is -0.468 e. The molecular weight excluding hydrogens is 344 g/mol. The number of benzene rings is 1. The van der Waals surface area contributed by atoms with E-state index < -0.39 is 33.7 Å². The molecule has 0 saturated carbocycles. The standard InChI is InChI=1S/C12H12Cl2FNO4S/c1-20-12(17)11-5-21(18,19)4-10(16-11)6-2-9(15)8(14)3-7(6)13/h2-3,10-11,16H,4-5H2,1H3. The first kappa shape index (κ1) is 16.5. The minimum absolute atomic E-state index is 0.125. The molecule has 0 amide bonds. The van der Waals surface area contributed by atoms with E-state index in [0.717, 1.165) is 13.2 Å². The van der Waals surface area contributed by atoms with Crippen LogP contribution in [0.1, 0.15) is 11.6 Å². The minimum atomic E-state index is -3.50. The number of halogens is 3. The van der Waals surface area contributed by atoms with E-state index in [9.17, 15) is 17.6 Å². The summed E-state index contributed by atoms with van der Waals surface area (Å²) < 4.78 is 42.0. The molecule has 0 spiro atoms. The highest BCUT2D eigenvalue weighted by Crippen LogP contribution is 2.31. The van der Waals surface area contributed by atoms with Gasteiger partial charge in [0.2, 0.25) is 0 Å². The largest absolute Gasteiger partial charge is 0.468 e. The fourth-order valence-electron chi connectivity index (χ4n) is 2.18. The van der Waals surface area contributed by atoms with E-state index in [1.54, 1.807) is 0 Å². The van der Waals surface area contributed by atoms with Crippen LogP contribution in [-0.4, -0.2) is 39.0 Å². The maximum Gasteiger partial charge on any atom is 0.323 e. The molecule has 1 fully saturated rings. The molecule has 0 radical (unpaired) electrons. The van der Waals surface area contributed by atoms with Gasteiger partial charge >= 0.3 is 5.97 Å². The van der Waals surface area contributed by atoms with E-state index in [1.165, 1.54) is 6.07 Å². The molecule has 1 aliphatic heterocycles. The maximum atomic E-state index is 13.6. The third-order valence-electron chi connectivity index (χ3n) is 3.14. The van der Waals surface area contributed by atoms with Gasteiger partial charge in [-0.25, -0.2) is 12.8 Å². The molecule has 9 heteroatoms. The van der Waals surface area contributed by atoms with Crippen LogP contribution >= 0.6 is 23.2 Å². The smallest absolute Gasteiger partial charge is 0.323 e. The highest BCUT2D eigenvalue weighted by atomic mass is 35.5. The summed E-state index contributed by atoms with van der Waals surface area (Å²) in [5, 5.41) is 2.78. The average Bonchev–Trinajstić information content (AvgIpc) is 2.40. The number of esters is 1. The van der Waals surface area contributed by atoms with Crippen molar-refractivity contribution in [2.75, 3.05) is 18.6 Å². The molecule has 116 valence electrons. The molecule has 1 heterocycles. The van der Waals surface area contributed by atoms with Crippen molar-refractivity contribution in [1.29, 1.82) is 0 Å². The number of hydrogen-bond donors (Lipinski definition) is 1. The molecule has 2 atom stereocenters. The van der Waals surface area contributed by atoms with Gasteiger partial charge in [-0.3, -0.25) is 10.1 Å². The number of ether oxygens (including phenoxy) is 1. The molecule has 5 nitrogen and oxygen atoms in total. The Bertz CT molecular complexity index is 680. The lowest BCUT2D eigenvalue weighted by molar-refractivity contribution is -0.142. The number of nitrogens with one attached hydrogen (secondary N) is 1. The van der Waals surface area contributed by atoms with E-state index in [2.05, 4.69) is 10.1 Å². The van der Waals surface area contributed by atoms with Crippen LogP contribution in [0.4, 0.5) is 4.39 Å². The zero-order valence-corrected chi connectivity index (χ0v) is 13.2. The summed E-state index contributed by atoms with van der Waals surface area (Å²) in [4.78, 5) is 11.6. The van der Waals surface area contributed by atoms with Crippen molar-refractivity contribution in [3.05, 3.63) is 33.6 Å². The van der Waals surface area contributed by atoms with Gasteiger partial charge in [-0.1, -0.05) is 23.2 Å². The summed E-state index contributed by atoms with van der Waals surface area (Å²) >= 11 is 11.6. The molecule has 0 bridgehead atoms. The number of sulfone groups is 1. The summed E-state index contributed by atoms with van der Waals surface area (Å²) in [6, 6.07) is 0.433. The molecule has 1 aromatic rings. The second-order valence-corrected chi connectivity index (χ2v) is 7.63. The Morgan fingerprint density at radius 1 is 1.33 bits per heavy atom. The predicted molar refractivity (Wildman–Crippen MR) is 76.8 cm³/mol. The van der Waals surface area contributed by atoms with Crippen molar-refractivity contribution in [3.8, 4) is 0 Å². The van der Waals surface area contributed by atoms with Crippen LogP contribution in [0.25, 0.3) is 0 Å². The van der Waals surface area contributed by atoms with E-state index in [4.69, 9.17) is 23.2 Å². The molecule has 2 rings (SSSR count). The zero-order valence-electron chi connectivity index (χ0n) is 10.9. The third-order valence-corrected chi connectivity index (χ3v) is 5.44. The quantitative estimate of drug-likeness (QED) is 0.646. The molecule has 1 aromatic carbocycles. The van der Waals surface area contributed by atoms with Crippen molar-refractivity contribution >= 4 is 39.0 Å². The molecular formula is C12H12Cl2FNO4S. The van der Waals surface area contributed by atoms with Crippen LogP contribution in [0.3, 0.4) is 0 Å². The van der Waals surface area contributed by atoms with Gasteiger partial charge < -0.3 is 4.74 Å². The SMILES string of the molecule is COC(=O)C1CS(=O)(=O)CC(c2cc(F)c(Cl)cc2Cl)N1. The third kappa shape index (κ3) is 3.66. The predicted octanol–water partition coefficient (Wildman–Crippen LogP) is 1.73. The maximum absolute atomic E-state index is 13.6. The Labute approximate surface area is 131 Å². The first-order valence-electron chi connectivity index (χ1n) is 5.92. The number of methoxy groups -OCH3 is 1. The highest BCUT2D eigenvalue weighted by Gasteiger charge is 2.37. The number of carbonyl (C=O) groups excluding carboxylic acids is 1. The Kier molecular flexibility index (Phi) is 4.77. The average molecular weight is 356 g/mol. The molecule has 1 saturated heterocycles.